The number of carbonyl (C=O) groups excluding carboxylic acids is 2. The van der Waals surface area contributed by atoms with Crippen molar-refractivity contribution in [1.29, 1.82) is 0 Å². The molecule has 4 aromatic rings. The van der Waals surface area contributed by atoms with Gasteiger partial charge in [0.05, 0.1) is 24.5 Å². The van der Waals surface area contributed by atoms with Crippen LogP contribution in [0.5, 0.6) is 0 Å². The van der Waals surface area contributed by atoms with E-state index in [4.69, 9.17) is 10.5 Å². The summed E-state index contributed by atoms with van der Waals surface area (Å²) in [4.78, 5) is 34.7. The van der Waals surface area contributed by atoms with Gasteiger partial charge in [-0.15, -0.1) is 0 Å². The minimum absolute atomic E-state index is 0.0783. The summed E-state index contributed by atoms with van der Waals surface area (Å²) in [6.07, 6.45) is 3.88. The van der Waals surface area contributed by atoms with Gasteiger partial charge < -0.3 is 31.0 Å². The number of halogens is 1. The van der Waals surface area contributed by atoms with Gasteiger partial charge in [-0.25, -0.2) is 14.4 Å². The fraction of sp³-hybridized carbons (Fsp3) is 0.286. The topological polar surface area (TPSA) is 139 Å². The molecule has 0 bridgehead atoms. The number of hydrogen-bond donors (Lipinski definition) is 4. The van der Waals surface area contributed by atoms with Crippen LogP contribution in [-0.4, -0.2) is 70.8 Å². The highest BCUT2D eigenvalue weighted by atomic mass is 19.1. The molecule has 1 aliphatic rings. The number of fused-ring (bicyclic) bond motifs is 1. The fourth-order valence-corrected chi connectivity index (χ4v) is 4.70. The lowest BCUT2D eigenvalue weighted by Crippen LogP contribution is -2.38. The Morgan fingerprint density at radius 1 is 1.12 bits per heavy atom. The van der Waals surface area contributed by atoms with Gasteiger partial charge in [-0.1, -0.05) is 30.3 Å². The summed E-state index contributed by atoms with van der Waals surface area (Å²) in [5.74, 6) is -1.68. The summed E-state index contributed by atoms with van der Waals surface area (Å²) >= 11 is 0. The van der Waals surface area contributed by atoms with Crippen molar-refractivity contribution in [1.82, 2.24) is 24.8 Å². The Morgan fingerprint density at radius 3 is 2.67 bits per heavy atom. The smallest absolute Gasteiger partial charge is 0.252 e. The molecule has 5 rings (SSSR count). The Bertz CT molecular complexity index is 1470. The summed E-state index contributed by atoms with van der Waals surface area (Å²) in [6.45, 7) is 4.89. The normalized spacial score (nSPS) is 14.5. The monoisotopic (exact) mass is 546 g/mol. The van der Waals surface area contributed by atoms with E-state index >= 15 is 4.39 Å². The van der Waals surface area contributed by atoms with Crippen LogP contribution >= 0.6 is 0 Å². The number of nitrogens with two attached hydrogens (primary N) is 1. The second-order valence-electron chi connectivity index (χ2n) is 9.43. The summed E-state index contributed by atoms with van der Waals surface area (Å²) in [5.41, 5.74) is 7.79. The molecule has 4 heterocycles. The standard InChI is InChI=1S/C28H31FN8O3/c29-22-17-21(25(30)39)26(35-27(22)34-24(32-18-38)16-19-4-2-1-3-5-19)33-23-6-8-31-28-20(23)7-9-37(28)11-10-36-12-14-40-15-13-36/h1-9,17-18,24H,10-16H2,(H2,30,39)(H,32,38)(H2,31,33,34,35)/t24-/m1/s1. The molecular formula is C28H31FN8O3. The predicted molar refractivity (Wildman–Crippen MR) is 150 cm³/mol. The highest BCUT2D eigenvalue weighted by molar-refractivity contribution is 6.00. The summed E-state index contributed by atoms with van der Waals surface area (Å²) in [6, 6.07) is 14.2. The predicted octanol–water partition coefficient (Wildman–Crippen LogP) is 2.47. The van der Waals surface area contributed by atoms with E-state index in [1.54, 1.807) is 12.3 Å². The van der Waals surface area contributed by atoms with Crippen molar-refractivity contribution >= 4 is 40.7 Å². The number of amides is 2. The van der Waals surface area contributed by atoms with Gasteiger partial charge in [-0.3, -0.25) is 14.5 Å². The third kappa shape index (κ3) is 6.35. The van der Waals surface area contributed by atoms with E-state index in [1.807, 2.05) is 42.6 Å². The van der Waals surface area contributed by atoms with Gasteiger partial charge in [0.1, 0.15) is 17.6 Å². The molecule has 0 radical (unpaired) electrons. The lowest BCUT2D eigenvalue weighted by atomic mass is 10.1. The molecular weight excluding hydrogens is 515 g/mol. The van der Waals surface area contributed by atoms with Crippen LogP contribution in [0.25, 0.3) is 11.0 Å². The van der Waals surface area contributed by atoms with Crippen LogP contribution in [0.4, 0.5) is 21.7 Å². The SMILES string of the molecule is NC(=O)c1cc(F)c(N[C@H](Cc2ccccc2)NC=O)nc1Nc1ccnc2c1ccn2CCN1CCOCC1. The van der Waals surface area contributed by atoms with Gasteiger partial charge in [0.2, 0.25) is 6.41 Å². The maximum Gasteiger partial charge on any atom is 0.252 e. The van der Waals surface area contributed by atoms with Crippen molar-refractivity contribution in [3.8, 4) is 0 Å². The molecule has 0 aliphatic carbocycles. The largest absolute Gasteiger partial charge is 0.379 e. The van der Waals surface area contributed by atoms with Gasteiger partial charge in [-0.2, -0.15) is 0 Å². The van der Waals surface area contributed by atoms with Crippen molar-refractivity contribution in [2.45, 2.75) is 19.1 Å². The third-order valence-electron chi connectivity index (χ3n) is 6.78. The Hall–Kier alpha value is -4.55. The quantitative estimate of drug-likeness (QED) is 0.157. The zero-order valence-corrected chi connectivity index (χ0v) is 21.8. The first-order chi connectivity index (χ1) is 19.5. The van der Waals surface area contributed by atoms with Gasteiger partial charge in [-0.05, 0) is 23.8 Å². The molecule has 1 fully saturated rings. The average molecular weight is 547 g/mol. The number of nitrogens with one attached hydrogen (secondary N) is 3. The van der Waals surface area contributed by atoms with Crippen molar-refractivity contribution < 1.29 is 18.7 Å². The molecule has 1 atom stereocenters. The minimum atomic E-state index is -0.833. The number of hydrogen-bond acceptors (Lipinski definition) is 8. The molecule has 40 heavy (non-hydrogen) atoms. The van der Waals surface area contributed by atoms with E-state index in [2.05, 4.69) is 35.4 Å². The average Bonchev–Trinajstić information content (AvgIpc) is 3.38. The number of aromatic nitrogens is 3. The van der Waals surface area contributed by atoms with E-state index in [1.165, 1.54) is 0 Å². The molecule has 11 nitrogen and oxygen atoms in total. The van der Waals surface area contributed by atoms with Crippen LogP contribution in [-0.2, 0) is 22.5 Å². The fourth-order valence-electron chi connectivity index (χ4n) is 4.70. The van der Waals surface area contributed by atoms with Crippen LogP contribution in [0.15, 0.2) is 60.9 Å². The van der Waals surface area contributed by atoms with Crippen LogP contribution < -0.4 is 21.7 Å². The lowest BCUT2D eigenvalue weighted by Gasteiger charge is -2.26. The number of benzene rings is 1. The molecule has 5 N–H and O–H groups in total. The van der Waals surface area contributed by atoms with Gasteiger partial charge in [0, 0.05) is 50.4 Å². The van der Waals surface area contributed by atoms with Crippen LogP contribution in [0.2, 0.25) is 0 Å². The van der Waals surface area contributed by atoms with E-state index in [-0.39, 0.29) is 17.2 Å². The summed E-state index contributed by atoms with van der Waals surface area (Å²) < 4.78 is 22.6. The maximum absolute atomic E-state index is 15.1. The zero-order valence-electron chi connectivity index (χ0n) is 21.8. The number of carbonyl (C=O) groups is 2. The first kappa shape index (κ1) is 27.0. The number of morpholine rings is 1. The number of anilines is 3. The maximum atomic E-state index is 15.1. The van der Waals surface area contributed by atoms with Gasteiger partial charge >= 0.3 is 0 Å². The van der Waals surface area contributed by atoms with E-state index < -0.39 is 17.9 Å². The lowest BCUT2D eigenvalue weighted by molar-refractivity contribution is -0.110. The number of nitrogens with zero attached hydrogens (tertiary/aromatic N) is 4. The Labute approximate surface area is 230 Å². The number of ether oxygens (including phenoxy) is 1. The summed E-state index contributed by atoms with van der Waals surface area (Å²) in [7, 11) is 0. The summed E-state index contributed by atoms with van der Waals surface area (Å²) in [5, 5.41) is 9.53. The van der Waals surface area contributed by atoms with Gasteiger partial charge in [0.25, 0.3) is 5.91 Å². The number of pyridine rings is 2. The highest BCUT2D eigenvalue weighted by Crippen LogP contribution is 2.29. The molecule has 208 valence electrons. The second kappa shape index (κ2) is 12.5. The molecule has 12 heteroatoms. The number of primary amides is 1. The van der Waals surface area contributed by atoms with Crippen molar-refractivity contribution in [3.63, 3.8) is 0 Å². The Kier molecular flexibility index (Phi) is 8.47. The molecule has 1 aromatic carbocycles. The van der Waals surface area contributed by atoms with Crippen LogP contribution in [0.3, 0.4) is 0 Å². The Balaban J connectivity index is 1.40. The van der Waals surface area contributed by atoms with E-state index in [0.717, 1.165) is 62.1 Å². The zero-order chi connectivity index (χ0) is 27.9. The molecule has 2 amide bonds. The molecule has 0 saturated carbocycles. The van der Waals surface area contributed by atoms with Crippen molar-refractivity contribution in [2.24, 2.45) is 5.73 Å². The van der Waals surface area contributed by atoms with Gasteiger partial charge in [0.15, 0.2) is 11.6 Å². The second-order valence-corrected chi connectivity index (χ2v) is 9.43. The highest BCUT2D eigenvalue weighted by Gasteiger charge is 2.20. The molecule has 3 aromatic heterocycles. The first-order valence-corrected chi connectivity index (χ1v) is 13.0. The molecule has 0 spiro atoms. The van der Waals surface area contributed by atoms with Crippen molar-refractivity contribution in [3.05, 3.63) is 77.9 Å². The molecule has 1 aliphatic heterocycles. The number of rotatable bonds is 12. The Morgan fingerprint density at radius 2 is 1.93 bits per heavy atom. The minimum Gasteiger partial charge on any atom is -0.379 e. The van der Waals surface area contributed by atoms with E-state index in [9.17, 15) is 9.59 Å². The van der Waals surface area contributed by atoms with Crippen LogP contribution in [0, 0.1) is 5.82 Å². The van der Waals surface area contributed by atoms with Crippen LogP contribution in [0.1, 0.15) is 15.9 Å². The molecule has 0 unspecified atom stereocenters. The third-order valence-corrected chi connectivity index (χ3v) is 6.78. The van der Waals surface area contributed by atoms with Crippen molar-refractivity contribution in [2.75, 3.05) is 43.5 Å². The van der Waals surface area contributed by atoms with E-state index in [0.29, 0.717) is 18.5 Å². The molecule has 1 saturated heterocycles. The first-order valence-electron chi connectivity index (χ1n) is 13.0.